The zero-order chi connectivity index (χ0) is 19.2. The van der Waals surface area contributed by atoms with Gasteiger partial charge in [-0.2, -0.15) is 0 Å². The first-order valence-corrected chi connectivity index (χ1v) is 9.74. The van der Waals surface area contributed by atoms with Crippen molar-refractivity contribution in [2.45, 2.75) is 26.2 Å². The molecule has 1 heterocycles. The number of benzene rings is 2. The molecule has 3 rings (SSSR count). The molecule has 1 N–H and O–H groups in total. The monoisotopic (exact) mass is 402 g/mol. The van der Waals surface area contributed by atoms with Crippen molar-refractivity contribution in [1.29, 1.82) is 0 Å². The molecule has 0 aliphatic heterocycles. The summed E-state index contributed by atoms with van der Waals surface area (Å²) in [5.74, 6) is 0.251. The Balaban J connectivity index is 1.92. The van der Waals surface area contributed by atoms with E-state index >= 15 is 0 Å². The lowest BCUT2D eigenvalue weighted by Gasteiger charge is -2.08. The Hall–Kier alpha value is -2.30. The number of carbonyl (C=O) groups is 1. The number of amides is 1. The van der Waals surface area contributed by atoms with Gasteiger partial charge in [0.2, 0.25) is 5.91 Å². The molecule has 1 amide bonds. The summed E-state index contributed by atoms with van der Waals surface area (Å²) in [4.78, 5) is 11.5. The zero-order valence-electron chi connectivity index (χ0n) is 15.0. The summed E-state index contributed by atoms with van der Waals surface area (Å²) in [6.45, 7) is 2.16. The number of hydrogen-bond donors (Lipinski definition) is 1. The van der Waals surface area contributed by atoms with Crippen molar-refractivity contribution in [1.82, 2.24) is 5.16 Å². The first-order valence-electron chi connectivity index (χ1n) is 8.83. The number of nitrogens with zero attached hydrogens (tertiary/aromatic N) is 1. The van der Waals surface area contributed by atoms with Gasteiger partial charge >= 0.3 is 0 Å². The molecule has 0 saturated heterocycles. The number of aryl methyl sites for hydroxylation is 1. The molecule has 4 nitrogen and oxygen atoms in total. The van der Waals surface area contributed by atoms with Crippen LogP contribution in [0.5, 0.6) is 0 Å². The lowest BCUT2D eigenvalue weighted by atomic mass is 9.99. The summed E-state index contributed by atoms with van der Waals surface area (Å²) in [5.41, 5.74) is 4.24. The maximum atomic E-state index is 11.5. The largest absolute Gasteiger partial charge is 0.356 e. The number of carbonyl (C=O) groups excluding carboxylic acids is 1. The summed E-state index contributed by atoms with van der Waals surface area (Å²) in [6, 6.07) is 15.1. The quantitative estimate of drug-likeness (QED) is 0.479. The van der Waals surface area contributed by atoms with Crippen molar-refractivity contribution < 1.29 is 9.32 Å². The molecule has 0 aliphatic rings. The van der Waals surface area contributed by atoms with Gasteiger partial charge in [0, 0.05) is 22.9 Å². The molecule has 0 atom stereocenters. The van der Waals surface area contributed by atoms with Gasteiger partial charge in [-0.15, -0.1) is 11.6 Å². The summed E-state index contributed by atoms with van der Waals surface area (Å²) < 4.78 is 5.56. The van der Waals surface area contributed by atoms with Crippen molar-refractivity contribution in [3.63, 3.8) is 0 Å². The fourth-order valence-corrected chi connectivity index (χ4v) is 3.26. The standard InChI is InChI=1S/C21H20Cl2N2O2/c1-2-3-6-14-7-5-10-17(23)21(14)18-12-19(27-25-18)15-8-4-9-16(11-15)24-20(26)13-22/h4-5,7-12H,2-3,6,13H2,1H3,(H,24,26). The molecule has 0 unspecified atom stereocenters. The van der Waals surface area contributed by atoms with E-state index in [1.165, 1.54) is 0 Å². The highest BCUT2D eigenvalue weighted by molar-refractivity contribution is 6.33. The molecule has 0 fully saturated rings. The van der Waals surface area contributed by atoms with E-state index in [0.29, 0.717) is 22.2 Å². The van der Waals surface area contributed by atoms with Gasteiger partial charge in [-0.3, -0.25) is 4.79 Å². The second kappa shape index (κ2) is 9.07. The highest BCUT2D eigenvalue weighted by atomic mass is 35.5. The molecule has 6 heteroatoms. The van der Waals surface area contributed by atoms with E-state index in [-0.39, 0.29) is 11.8 Å². The molecule has 27 heavy (non-hydrogen) atoms. The number of hydrogen-bond acceptors (Lipinski definition) is 3. The molecular formula is C21H20Cl2N2O2. The van der Waals surface area contributed by atoms with E-state index < -0.39 is 0 Å². The van der Waals surface area contributed by atoms with E-state index in [1.807, 2.05) is 36.4 Å². The topological polar surface area (TPSA) is 55.1 Å². The average molecular weight is 403 g/mol. The van der Waals surface area contributed by atoms with Gasteiger partial charge in [-0.1, -0.05) is 54.4 Å². The number of alkyl halides is 1. The summed E-state index contributed by atoms with van der Waals surface area (Å²) in [6.07, 6.45) is 3.13. The van der Waals surface area contributed by atoms with Gasteiger partial charge < -0.3 is 9.84 Å². The Morgan fingerprint density at radius 2 is 2.00 bits per heavy atom. The van der Waals surface area contributed by atoms with Gasteiger partial charge in [0.25, 0.3) is 0 Å². The van der Waals surface area contributed by atoms with Crippen LogP contribution in [-0.2, 0) is 11.2 Å². The summed E-state index contributed by atoms with van der Waals surface area (Å²) in [5, 5.41) is 7.62. The Kier molecular flexibility index (Phi) is 6.54. The number of rotatable bonds is 7. The molecule has 0 aliphatic carbocycles. The molecule has 3 aromatic rings. The lowest BCUT2D eigenvalue weighted by molar-refractivity contribution is -0.113. The summed E-state index contributed by atoms with van der Waals surface area (Å²) >= 11 is 12.0. The number of halogens is 2. The fourth-order valence-electron chi connectivity index (χ4n) is 2.90. The maximum Gasteiger partial charge on any atom is 0.239 e. The van der Waals surface area contributed by atoms with Crippen LogP contribution < -0.4 is 5.32 Å². The first-order chi connectivity index (χ1) is 13.1. The van der Waals surface area contributed by atoms with E-state index in [0.717, 1.165) is 36.0 Å². The molecule has 1 aromatic heterocycles. The fraction of sp³-hybridized carbons (Fsp3) is 0.238. The minimum atomic E-state index is -0.260. The third-order valence-corrected chi connectivity index (χ3v) is 4.78. The third-order valence-electron chi connectivity index (χ3n) is 4.22. The highest BCUT2D eigenvalue weighted by Crippen LogP contribution is 2.34. The third kappa shape index (κ3) is 4.71. The number of aromatic nitrogens is 1. The van der Waals surface area contributed by atoms with Gasteiger partial charge in [0.15, 0.2) is 5.76 Å². The average Bonchev–Trinajstić information content (AvgIpc) is 3.16. The molecular weight excluding hydrogens is 383 g/mol. The van der Waals surface area contributed by atoms with Crippen LogP contribution in [0.1, 0.15) is 25.3 Å². The van der Waals surface area contributed by atoms with E-state index in [4.69, 9.17) is 27.7 Å². The zero-order valence-corrected chi connectivity index (χ0v) is 16.5. The van der Waals surface area contributed by atoms with Crippen molar-refractivity contribution >= 4 is 34.8 Å². The van der Waals surface area contributed by atoms with Crippen LogP contribution in [0.3, 0.4) is 0 Å². The van der Waals surface area contributed by atoms with Crippen LogP contribution in [0.4, 0.5) is 5.69 Å². The Labute approximate surface area is 168 Å². The van der Waals surface area contributed by atoms with Crippen molar-refractivity contribution in [2.24, 2.45) is 0 Å². The molecule has 0 radical (unpaired) electrons. The smallest absolute Gasteiger partial charge is 0.239 e. The van der Waals surface area contributed by atoms with Gasteiger partial charge in [-0.25, -0.2) is 0 Å². The van der Waals surface area contributed by atoms with Gasteiger partial charge in [0.05, 0.1) is 5.02 Å². The van der Waals surface area contributed by atoms with Crippen LogP contribution in [0.15, 0.2) is 53.1 Å². The lowest BCUT2D eigenvalue weighted by Crippen LogP contribution is -2.12. The second-order valence-corrected chi connectivity index (χ2v) is 6.89. The predicted molar refractivity (Wildman–Crippen MR) is 110 cm³/mol. The van der Waals surface area contributed by atoms with Crippen LogP contribution in [0.25, 0.3) is 22.6 Å². The molecule has 140 valence electrons. The van der Waals surface area contributed by atoms with Gasteiger partial charge in [0.1, 0.15) is 11.6 Å². The van der Waals surface area contributed by atoms with E-state index in [1.54, 1.807) is 6.07 Å². The molecule has 0 bridgehead atoms. The van der Waals surface area contributed by atoms with Crippen molar-refractivity contribution in [3.8, 4) is 22.6 Å². The van der Waals surface area contributed by atoms with Crippen molar-refractivity contribution in [2.75, 3.05) is 11.2 Å². The molecule has 0 saturated carbocycles. The maximum absolute atomic E-state index is 11.5. The number of nitrogens with one attached hydrogen (secondary N) is 1. The minimum absolute atomic E-state index is 0.0935. The minimum Gasteiger partial charge on any atom is -0.356 e. The van der Waals surface area contributed by atoms with Crippen LogP contribution >= 0.6 is 23.2 Å². The second-order valence-electron chi connectivity index (χ2n) is 6.22. The Morgan fingerprint density at radius 1 is 1.19 bits per heavy atom. The van der Waals surface area contributed by atoms with Crippen molar-refractivity contribution in [3.05, 3.63) is 59.1 Å². The predicted octanol–water partition coefficient (Wildman–Crippen LogP) is 6.18. The van der Waals surface area contributed by atoms with Crippen LogP contribution in [0, 0.1) is 0 Å². The van der Waals surface area contributed by atoms with Gasteiger partial charge in [-0.05, 0) is 36.6 Å². The van der Waals surface area contributed by atoms with E-state index in [2.05, 4.69) is 23.5 Å². The molecule has 2 aromatic carbocycles. The molecule has 0 spiro atoms. The normalized spacial score (nSPS) is 10.8. The van der Waals surface area contributed by atoms with Crippen LogP contribution in [-0.4, -0.2) is 16.9 Å². The Bertz CT molecular complexity index is 937. The van der Waals surface area contributed by atoms with E-state index in [9.17, 15) is 4.79 Å². The summed E-state index contributed by atoms with van der Waals surface area (Å²) in [7, 11) is 0. The van der Waals surface area contributed by atoms with Crippen LogP contribution in [0.2, 0.25) is 5.02 Å². The number of anilines is 1. The number of unbranched alkanes of at least 4 members (excludes halogenated alkanes) is 1. The Morgan fingerprint density at radius 3 is 2.78 bits per heavy atom. The first kappa shape index (κ1) is 19.5. The highest BCUT2D eigenvalue weighted by Gasteiger charge is 2.15. The SMILES string of the molecule is CCCCc1cccc(Cl)c1-c1cc(-c2cccc(NC(=O)CCl)c2)on1.